The number of carbonyl (C=O) groups excluding carboxylic acids is 4. The molecule has 4 amide bonds. The van der Waals surface area contributed by atoms with E-state index in [-0.39, 0.29) is 49.3 Å². The third-order valence-electron chi connectivity index (χ3n) is 12.7. The summed E-state index contributed by atoms with van der Waals surface area (Å²) in [6.45, 7) is 7.65. The standard InChI is InChI=1S/C40H50N6O9S/c1-4-25-21-40(25,36(50)44-56(52,53)28-14-15-28)43-33(47)31-19-27-22-46(31)35(49)32(24-10-7-8-11-24)42-38(51)55-39(3)20-26(39)12-6-5-9-17-45-34(48)29-16-13-23(2)18-30(29)41-37(45)54-27/h4-5,9,13,16,18,24-28,31-32H,1,6-8,10-12,14-15,17,19-22H2,2-3H3,(H,42,51)(H,43,47)(H,44,50)/t25-,26?,27?,31?,32?,39?,40-/m1/s1. The highest BCUT2D eigenvalue weighted by Crippen LogP contribution is 2.50. The van der Waals surface area contributed by atoms with Crippen molar-refractivity contribution in [1.29, 1.82) is 0 Å². The van der Waals surface area contributed by atoms with Crippen LogP contribution >= 0.6 is 0 Å². The van der Waals surface area contributed by atoms with Crippen molar-refractivity contribution in [2.75, 3.05) is 6.54 Å². The maximum Gasteiger partial charge on any atom is 0.408 e. The molecule has 15 nitrogen and oxygen atoms in total. The monoisotopic (exact) mass is 790 g/mol. The number of nitrogens with one attached hydrogen (secondary N) is 3. The molecule has 4 aliphatic carbocycles. The number of hydrogen-bond donors (Lipinski definition) is 3. The number of benzene rings is 1. The minimum absolute atomic E-state index is 0.0342. The molecule has 1 aromatic carbocycles. The fourth-order valence-electron chi connectivity index (χ4n) is 8.88. The molecule has 3 heterocycles. The molecule has 2 aromatic rings. The van der Waals surface area contributed by atoms with Crippen LogP contribution in [-0.4, -0.2) is 87.8 Å². The number of ether oxygens (including phenoxy) is 2. The SMILES string of the molecule is C=C[C@@H]1C[C@]1(NC(=O)C1CC2CN1C(=O)C(C1CCCC1)NC(=O)OC1(C)CC1CCC=CCn1c(nc3cc(C)ccc3c1=O)O2)C(=O)NS(=O)(=O)C1CC1. The van der Waals surface area contributed by atoms with Gasteiger partial charge in [0.2, 0.25) is 21.8 Å². The van der Waals surface area contributed by atoms with Gasteiger partial charge in [0.05, 0.1) is 22.7 Å². The number of carbonyl (C=O) groups is 4. The molecule has 56 heavy (non-hydrogen) atoms. The van der Waals surface area contributed by atoms with Crippen LogP contribution in [0.1, 0.15) is 83.1 Å². The van der Waals surface area contributed by atoms with Gasteiger partial charge in [0, 0.05) is 24.8 Å². The van der Waals surface area contributed by atoms with Gasteiger partial charge in [0.1, 0.15) is 29.3 Å². The van der Waals surface area contributed by atoms with Gasteiger partial charge in [-0.25, -0.2) is 13.2 Å². The average molecular weight is 791 g/mol. The Balaban J connectivity index is 1.15. The molecule has 0 spiro atoms. The molecular formula is C40H50N6O9S. The molecule has 16 heteroatoms. The first kappa shape index (κ1) is 38.2. The largest absolute Gasteiger partial charge is 0.459 e. The Morgan fingerprint density at radius 2 is 1.84 bits per heavy atom. The van der Waals surface area contributed by atoms with E-state index in [1.165, 1.54) is 15.5 Å². The Morgan fingerprint density at radius 1 is 1.07 bits per heavy atom. The molecule has 5 fully saturated rings. The first-order valence-corrected chi connectivity index (χ1v) is 21.4. The van der Waals surface area contributed by atoms with Gasteiger partial charge in [-0.15, -0.1) is 6.58 Å². The van der Waals surface area contributed by atoms with Crippen molar-refractivity contribution in [1.82, 2.24) is 29.8 Å². The van der Waals surface area contributed by atoms with Crippen LogP contribution in [0, 0.1) is 24.7 Å². The van der Waals surface area contributed by atoms with Crippen molar-refractivity contribution >= 4 is 44.7 Å². The summed E-state index contributed by atoms with van der Waals surface area (Å²) in [4.78, 5) is 76.4. The first-order chi connectivity index (χ1) is 26.7. The van der Waals surface area contributed by atoms with Crippen molar-refractivity contribution < 1.29 is 37.1 Å². The van der Waals surface area contributed by atoms with E-state index in [9.17, 15) is 32.4 Å². The average Bonchev–Trinajstić information content (AvgIpc) is 4.10. The minimum atomic E-state index is -3.92. The highest BCUT2D eigenvalue weighted by atomic mass is 32.2. The predicted molar refractivity (Wildman–Crippen MR) is 205 cm³/mol. The molecule has 2 bridgehead atoms. The molecule has 6 aliphatic rings. The number of hydrogen-bond acceptors (Lipinski definition) is 10. The summed E-state index contributed by atoms with van der Waals surface area (Å²) in [5.74, 6) is -2.64. The molecular weight excluding hydrogens is 741 g/mol. The third kappa shape index (κ3) is 7.32. The summed E-state index contributed by atoms with van der Waals surface area (Å²) >= 11 is 0. The lowest BCUT2D eigenvalue weighted by Gasteiger charge is -2.32. The summed E-state index contributed by atoms with van der Waals surface area (Å²) in [6.07, 6.45) is 10.1. The molecule has 0 radical (unpaired) electrons. The minimum Gasteiger partial charge on any atom is -0.459 e. The lowest BCUT2D eigenvalue weighted by Crippen LogP contribution is -2.59. The topological polar surface area (TPSA) is 195 Å². The van der Waals surface area contributed by atoms with Crippen LogP contribution in [0.5, 0.6) is 6.01 Å². The second-order valence-electron chi connectivity index (χ2n) is 16.8. The van der Waals surface area contributed by atoms with Gasteiger partial charge < -0.3 is 25.0 Å². The number of sulfonamides is 1. The highest BCUT2D eigenvalue weighted by Gasteiger charge is 2.62. The summed E-state index contributed by atoms with van der Waals surface area (Å²) in [6, 6.07) is 3.24. The molecule has 1 aromatic heterocycles. The van der Waals surface area contributed by atoms with E-state index in [0.29, 0.717) is 49.4 Å². The molecule has 2 aliphatic heterocycles. The van der Waals surface area contributed by atoms with E-state index >= 15 is 0 Å². The normalized spacial score (nSPS) is 32.2. The van der Waals surface area contributed by atoms with Crippen molar-refractivity contribution in [3.63, 3.8) is 0 Å². The number of allylic oxidation sites excluding steroid dienone is 2. The number of rotatable bonds is 7. The second kappa shape index (κ2) is 14.3. The number of fused-ring (bicyclic) bond motifs is 5. The number of nitrogens with zero attached hydrogens (tertiary/aromatic N) is 3. The van der Waals surface area contributed by atoms with Gasteiger partial charge in [0.15, 0.2) is 0 Å². The van der Waals surface area contributed by atoms with Crippen LogP contribution in [0.2, 0.25) is 0 Å². The number of amides is 4. The van der Waals surface area contributed by atoms with Crippen LogP contribution in [-0.2, 0) is 35.7 Å². The molecule has 7 atom stereocenters. The molecule has 8 rings (SSSR count). The van der Waals surface area contributed by atoms with Crippen LogP contribution < -0.4 is 25.7 Å². The van der Waals surface area contributed by atoms with Crippen LogP contribution in [0.15, 0.2) is 47.8 Å². The Bertz CT molecular complexity index is 2180. The fraction of sp³-hybridized carbons (Fsp3) is 0.600. The van der Waals surface area contributed by atoms with E-state index in [0.717, 1.165) is 24.8 Å². The Labute approximate surface area is 325 Å². The van der Waals surface area contributed by atoms with E-state index < -0.39 is 74.3 Å². The summed E-state index contributed by atoms with van der Waals surface area (Å²) < 4.78 is 41.6. The van der Waals surface area contributed by atoms with E-state index in [2.05, 4.69) is 21.9 Å². The first-order valence-electron chi connectivity index (χ1n) is 19.8. The van der Waals surface area contributed by atoms with Gasteiger partial charge in [-0.1, -0.05) is 37.1 Å². The fourth-order valence-corrected chi connectivity index (χ4v) is 10.2. The van der Waals surface area contributed by atoms with E-state index in [4.69, 9.17) is 14.5 Å². The maximum absolute atomic E-state index is 14.8. The van der Waals surface area contributed by atoms with E-state index in [1.807, 2.05) is 32.1 Å². The number of aryl methyl sites for hydroxylation is 1. The van der Waals surface area contributed by atoms with Gasteiger partial charge in [-0.3, -0.25) is 28.5 Å². The zero-order valence-electron chi connectivity index (χ0n) is 31.8. The van der Waals surface area contributed by atoms with Gasteiger partial charge in [-0.05, 0) is 88.8 Å². The third-order valence-corrected chi connectivity index (χ3v) is 14.5. The van der Waals surface area contributed by atoms with Crippen LogP contribution in [0.25, 0.3) is 10.9 Å². The van der Waals surface area contributed by atoms with Crippen molar-refractivity contribution in [2.45, 2.75) is 126 Å². The van der Waals surface area contributed by atoms with E-state index in [1.54, 1.807) is 12.1 Å². The summed E-state index contributed by atoms with van der Waals surface area (Å²) in [5.41, 5.74) is -1.20. The molecule has 4 saturated carbocycles. The lowest BCUT2D eigenvalue weighted by molar-refractivity contribution is -0.142. The molecule has 5 unspecified atom stereocenters. The van der Waals surface area contributed by atoms with Gasteiger partial charge in [-0.2, -0.15) is 4.98 Å². The number of aromatic nitrogens is 2. The van der Waals surface area contributed by atoms with Gasteiger partial charge in [0.25, 0.3) is 17.5 Å². The zero-order chi connectivity index (χ0) is 39.6. The Morgan fingerprint density at radius 3 is 2.55 bits per heavy atom. The van der Waals surface area contributed by atoms with Crippen molar-refractivity contribution in [3.05, 3.63) is 58.9 Å². The maximum atomic E-state index is 14.8. The zero-order valence-corrected chi connectivity index (χ0v) is 32.6. The van der Waals surface area contributed by atoms with Crippen molar-refractivity contribution in [3.8, 4) is 6.01 Å². The van der Waals surface area contributed by atoms with Crippen LogP contribution in [0.3, 0.4) is 0 Å². The smallest absolute Gasteiger partial charge is 0.408 e. The second-order valence-corrected chi connectivity index (χ2v) is 18.8. The van der Waals surface area contributed by atoms with Crippen molar-refractivity contribution in [2.24, 2.45) is 17.8 Å². The highest BCUT2D eigenvalue weighted by molar-refractivity contribution is 7.91. The van der Waals surface area contributed by atoms with Gasteiger partial charge >= 0.3 is 6.09 Å². The lowest BCUT2D eigenvalue weighted by atomic mass is 9.96. The van der Waals surface area contributed by atoms with Crippen LogP contribution in [0.4, 0.5) is 4.79 Å². The Kier molecular flexibility index (Phi) is 9.77. The quantitative estimate of drug-likeness (QED) is 0.351. The Hall–Kier alpha value is -4.73. The molecule has 300 valence electrons. The number of alkyl carbamates (subject to hydrolysis) is 1. The predicted octanol–water partition coefficient (Wildman–Crippen LogP) is 3.14. The summed E-state index contributed by atoms with van der Waals surface area (Å²) in [7, 11) is -3.92. The molecule has 3 N–H and O–H groups in total. The summed E-state index contributed by atoms with van der Waals surface area (Å²) in [5, 5.41) is 5.47. The molecule has 1 saturated heterocycles.